The van der Waals surface area contributed by atoms with E-state index in [9.17, 15) is 13.2 Å². The minimum absolute atomic E-state index is 0.222. The van der Waals surface area contributed by atoms with Crippen LogP contribution >= 0.6 is 0 Å². The summed E-state index contributed by atoms with van der Waals surface area (Å²) in [4.78, 5) is 12.7. The van der Waals surface area contributed by atoms with Crippen LogP contribution in [0.25, 0.3) is 10.9 Å². The van der Waals surface area contributed by atoms with Gasteiger partial charge >= 0.3 is 0 Å². The number of amides is 1. The monoisotopic (exact) mass is 384 g/mol. The van der Waals surface area contributed by atoms with Crippen LogP contribution in [0, 0.1) is 0 Å². The SMILES string of the molecule is O=C(Nc1ccc2cn[nH]c2c1)c1ccc(S(=O)(=O)N2CCCCC2)cc1. The molecule has 2 heterocycles. The van der Waals surface area contributed by atoms with E-state index in [2.05, 4.69) is 15.5 Å². The first-order valence-corrected chi connectivity index (χ1v) is 10.3. The average molecular weight is 384 g/mol. The van der Waals surface area contributed by atoms with Crippen LogP contribution in [0.15, 0.2) is 53.6 Å². The van der Waals surface area contributed by atoms with Crippen LogP contribution in [-0.4, -0.2) is 41.9 Å². The molecule has 0 bridgehead atoms. The molecule has 0 saturated carbocycles. The third-order valence-electron chi connectivity index (χ3n) is 4.77. The van der Waals surface area contributed by atoms with Crippen LogP contribution < -0.4 is 5.32 Å². The van der Waals surface area contributed by atoms with Gasteiger partial charge in [-0.15, -0.1) is 0 Å². The van der Waals surface area contributed by atoms with E-state index in [1.54, 1.807) is 30.5 Å². The second-order valence-corrected chi connectivity index (χ2v) is 8.55. The average Bonchev–Trinajstić information content (AvgIpc) is 3.16. The highest BCUT2D eigenvalue weighted by Gasteiger charge is 2.25. The number of sulfonamides is 1. The third kappa shape index (κ3) is 3.58. The van der Waals surface area contributed by atoms with Crippen molar-refractivity contribution in [3.8, 4) is 0 Å². The Morgan fingerprint density at radius 2 is 1.78 bits per heavy atom. The van der Waals surface area contributed by atoms with Crippen LogP contribution in [-0.2, 0) is 10.0 Å². The summed E-state index contributed by atoms with van der Waals surface area (Å²) in [6, 6.07) is 11.5. The zero-order valence-electron chi connectivity index (χ0n) is 14.7. The lowest BCUT2D eigenvalue weighted by atomic mass is 10.2. The van der Waals surface area contributed by atoms with Gasteiger partial charge in [0.1, 0.15) is 0 Å². The molecule has 0 radical (unpaired) electrons. The second-order valence-electron chi connectivity index (χ2n) is 6.62. The maximum Gasteiger partial charge on any atom is 0.255 e. The maximum atomic E-state index is 12.7. The molecular weight excluding hydrogens is 364 g/mol. The number of anilines is 1. The number of benzene rings is 2. The van der Waals surface area contributed by atoms with Crippen LogP contribution in [0.2, 0.25) is 0 Å². The number of carbonyl (C=O) groups excluding carboxylic acids is 1. The Kier molecular flexibility index (Phi) is 4.67. The molecule has 1 fully saturated rings. The van der Waals surface area contributed by atoms with Crippen molar-refractivity contribution >= 4 is 32.5 Å². The van der Waals surface area contributed by atoms with Crippen LogP contribution in [0.1, 0.15) is 29.6 Å². The van der Waals surface area contributed by atoms with Gasteiger partial charge in [0.25, 0.3) is 5.91 Å². The molecule has 4 rings (SSSR count). The van der Waals surface area contributed by atoms with Crippen molar-refractivity contribution < 1.29 is 13.2 Å². The Hall–Kier alpha value is -2.71. The Labute approximate surface area is 157 Å². The molecule has 8 heteroatoms. The highest BCUT2D eigenvalue weighted by Crippen LogP contribution is 2.22. The van der Waals surface area contributed by atoms with Crippen LogP contribution in [0.3, 0.4) is 0 Å². The summed E-state index contributed by atoms with van der Waals surface area (Å²) in [5, 5.41) is 10.6. The summed E-state index contributed by atoms with van der Waals surface area (Å²) in [5.74, 6) is -0.296. The fraction of sp³-hybridized carbons (Fsp3) is 0.263. The predicted octanol–water partition coefficient (Wildman–Crippen LogP) is 2.99. The molecule has 2 aromatic carbocycles. The lowest BCUT2D eigenvalue weighted by Crippen LogP contribution is -2.35. The van der Waals surface area contributed by atoms with Crippen LogP contribution in [0.5, 0.6) is 0 Å². The quantitative estimate of drug-likeness (QED) is 0.723. The van der Waals surface area contributed by atoms with Gasteiger partial charge in [-0.1, -0.05) is 6.42 Å². The third-order valence-corrected chi connectivity index (χ3v) is 6.68. The minimum atomic E-state index is -3.49. The van der Waals surface area contributed by atoms with Crippen molar-refractivity contribution in [2.24, 2.45) is 0 Å². The van der Waals surface area contributed by atoms with Gasteiger partial charge in [0, 0.05) is 29.7 Å². The molecule has 7 nitrogen and oxygen atoms in total. The number of nitrogens with zero attached hydrogens (tertiary/aromatic N) is 2. The number of nitrogens with one attached hydrogen (secondary N) is 2. The van der Waals surface area contributed by atoms with E-state index >= 15 is 0 Å². The summed E-state index contributed by atoms with van der Waals surface area (Å²) in [7, 11) is -3.49. The zero-order chi connectivity index (χ0) is 18.9. The molecule has 0 unspecified atom stereocenters. The summed E-state index contributed by atoms with van der Waals surface area (Å²) < 4.78 is 26.9. The van der Waals surface area contributed by atoms with Gasteiger partial charge in [0.05, 0.1) is 16.6 Å². The molecule has 0 aliphatic carbocycles. The maximum absolute atomic E-state index is 12.7. The van der Waals surface area contributed by atoms with Gasteiger partial charge in [0.15, 0.2) is 0 Å². The lowest BCUT2D eigenvalue weighted by Gasteiger charge is -2.25. The van der Waals surface area contributed by atoms with Crippen molar-refractivity contribution in [1.29, 1.82) is 0 Å². The number of H-pyrrole nitrogens is 1. The van der Waals surface area contributed by atoms with Crippen molar-refractivity contribution in [2.75, 3.05) is 18.4 Å². The van der Waals surface area contributed by atoms with E-state index in [4.69, 9.17) is 0 Å². The molecule has 140 valence electrons. The Morgan fingerprint density at radius 3 is 2.52 bits per heavy atom. The van der Waals surface area contributed by atoms with Crippen molar-refractivity contribution in [3.63, 3.8) is 0 Å². The highest BCUT2D eigenvalue weighted by molar-refractivity contribution is 7.89. The minimum Gasteiger partial charge on any atom is -0.322 e. The summed E-state index contributed by atoms with van der Waals surface area (Å²) in [6.45, 7) is 1.11. The smallest absolute Gasteiger partial charge is 0.255 e. The number of piperidine rings is 1. The molecule has 0 atom stereocenters. The van der Waals surface area contributed by atoms with E-state index in [1.165, 1.54) is 16.4 Å². The predicted molar refractivity (Wildman–Crippen MR) is 103 cm³/mol. The largest absolute Gasteiger partial charge is 0.322 e. The van der Waals surface area contributed by atoms with Crippen LogP contribution in [0.4, 0.5) is 5.69 Å². The fourth-order valence-corrected chi connectivity index (χ4v) is 4.77. The lowest BCUT2D eigenvalue weighted by molar-refractivity contribution is 0.102. The topological polar surface area (TPSA) is 95.2 Å². The molecule has 3 aromatic rings. The van der Waals surface area contributed by atoms with Crippen molar-refractivity contribution in [3.05, 3.63) is 54.2 Å². The first-order valence-electron chi connectivity index (χ1n) is 8.89. The van der Waals surface area contributed by atoms with Gasteiger partial charge in [0.2, 0.25) is 10.0 Å². The van der Waals surface area contributed by atoms with E-state index < -0.39 is 10.0 Å². The molecule has 27 heavy (non-hydrogen) atoms. The van der Waals surface area contributed by atoms with E-state index in [0.717, 1.165) is 30.2 Å². The van der Waals surface area contributed by atoms with E-state index in [0.29, 0.717) is 24.3 Å². The van der Waals surface area contributed by atoms with Gasteiger partial charge in [-0.3, -0.25) is 9.89 Å². The number of rotatable bonds is 4. The number of aromatic amines is 1. The van der Waals surface area contributed by atoms with E-state index in [-0.39, 0.29) is 10.8 Å². The van der Waals surface area contributed by atoms with Gasteiger partial charge in [-0.25, -0.2) is 8.42 Å². The zero-order valence-corrected chi connectivity index (χ0v) is 15.5. The standard InChI is InChI=1S/C19H20N4O3S/c24-19(21-16-7-4-15-13-20-22-18(15)12-16)14-5-8-17(9-6-14)27(25,26)23-10-2-1-3-11-23/h4-9,12-13H,1-3,10-11H2,(H,20,22)(H,21,24). The summed E-state index contributed by atoms with van der Waals surface area (Å²) in [6.07, 6.45) is 4.55. The molecular formula is C19H20N4O3S. The number of aromatic nitrogens is 2. The molecule has 1 aromatic heterocycles. The number of fused-ring (bicyclic) bond motifs is 1. The molecule has 0 spiro atoms. The molecule has 2 N–H and O–H groups in total. The van der Waals surface area contributed by atoms with Crippen molar-refractivity contribution in [1.82, 2.24) is 14.5 Å². The first kappa shape index (κ1) is 17.7. The molecule has 1 aliphatic heterocycles. The van der Waals surface area contributed by atoms with Gasteiger partial charge in [-0.05, 0) is 55.3 Å². The summed E-state index contributed by atoms with van der Waals surface area (Å²) in [5.41, 5.74) is 1.87. The van der Waals surface area contributed by atoms with Gasteiger partial charge in [-0.2, -0.15) is 9.40 Å². The fourth-order valence-electron chi connectivity index (χ4n) is 3.25. The second kappa shape index (κ2) is 7.13. The number of hydrogen-bond acceptors (Lipinski definition) is 4. The number of carbonyl (C=O) groups is 1. The first-order chi connectivity index (χ1) is 13.0. The van der Waals surface area contributed by atoms with E-state index in [1.807, 2.05) is 6.07 Å². The summed E-state index contributed by atoms with van der Waals surface area (Å²) >= 11 is 0. The van der Waals surface area contributed by atoms with Gasteiger partial charge < -0.3 is 5.32 Å². The highest BCUT2D eigenvalue weighted by atomic mass is 32.2. The molecule has 1 aliphatic rings. The number of hydrogen-bond donors (Lipinski definition) is 2. The Balaban J connectivity index is 1.50. The molecule has 1 amide bonds. The normalized spacial score (nSPS) is 15.7. The Morgan fingerprint density at radius 1 is 1.04 bits per heavy atom. The molecule has 1 saturated heterocycles. The van der Waals surface area contributed by atoms with Crippen molar-refractivity contribution in [2.45, 2.75) is 24.2 Å². The Bertz CT molecular complexity index is 1070.